The van der Waals surface area contributed by atoms with Gasteiger partial charge in [0, 0.05) is 32.4 Å². The van der Waals surface area contributed by atoms with Gasteiger partial charge in [0.1, 0.15) is 5.82 Å². The molecular formula is C14H25N3O. The standard InChI is InChI=1S/C14H25N3O/c1-12-3-6-14(11-15,7-4-12)18-10-5-13-16-8-9-17(13)2/h8-9,12H,3-7,10-11,15H2,1-2H3. The monoisotopic (exact) mass is 251 g/mol. The Balaban J connectivity index is 1.82. The van der Waals surface area contributed by atoms with Crippen LogP contribution in [0.25, 0.3) is 0 Å². The second kappa shape index (κ2) is 5.85. The van der Waals surface area contributed by atoms with Crippen LogP contribution in [-0.4, -0.2) is 28.3 Å². The minimum absolute atomic E-state index is 0.0718. The zero-order valence-electron chi connectivity index (χ0n) is 11.6. The molecule has 0 bridgehead atoms. The molecule has 0 atom stereocenters. The Morgan fingerprint density at radius 2 is 2.22 bits per heavy atom. The van der Waals surface area contributed by atoms with Crippen molar-refractivity contribution in [3.8, 4) is 0 Å². The van der Waals surface area contributed by atoms with Crippen molar-refractivity contribution in [1.29, 1.82) is 0 Å². The molecule has 0 radical (unpaired) electrons. The van der Waals surface area contributed by atoms with Crippen molar-refractivity contribution in [3.63, 3.8) is 0 Å². The van der Waals surface area contributed by atoms with Crippen molar-refractivity contribution in [2.45, 2.75) is 44.6 Å². The molecule has 102 valence electrons. The number of rotatable bonds is 5. The van der Waals surface area contributed by atoms with Crippen molar-refractivity contribution in [3.05, 3.63) is 18.2 Å². The van der Waals surface area contributed by atoms with E-state index >= 15 is 0 Å². The van der Waals surface area contributed by atoms with Crippen molar-refractivity contribution in [2.24, 2.45) is 18.7 Å². The van der Waals surface area contributed by atoms with E-state index in [9.17, 15) is 0 Å². The Labute approximate surface area is 110 Å². The highest BCUT2D eigenvalue weighted by molar-refractivity contribution is 4.92. The van der Waals surface area contributed by atoms with Gasteiger partial charge in [-0.3, -0.25) is 0 Å². The Bertz CT molecular complexity index is 367. The summed E-state index contributed by atoms with van der Waals surface area (Å²) in [4.78, 5) is 4.31. The lowest BCUT2D eigenvalue weighted by Crippen LogP contribution is -2.44. The maximum absolute atomic E-state index is 6.12. The van der Waals surface area contributed by atoms with Gasteiger partial charge in [0.15, 0.2) is 0 Å². The minimum atomic E-state index is -0.0718. The summed E-state index contributed by atoms with van der Waals surface area (Å²) >= 11 is 0. The molecule has 1 aromatic heterocycles. The molecule has 4 nitrogen and oxygen atoms in total. The van der Waals surface area contributed by atoms with E-state index in [1.807, 2.05) is 24.0 Å². The number of imidazole rings is 1. The van der Waals surface area contributed by atoms with Crippen LogP contribution in [0.5, 0.6) is 0 Å². The molecule has 4 heteroatoms. The van der Waals surface area contributed by atoms with E-state index in [2.05, 4.69) is 11.9 Å². The first-order valence-corrected chi connectivity index (χ1v) is 6.95. The maximum Gasteiger partial charge on any atom is 0.110 e. The van der Waals surface area contributed by atoms with Crippen LogP contribution in [-0.2, 0) is 18.2 Å². The van der Waals surface area contributed by atoms with E-state index < -0.39 is 0 Å². The van der Waals surface area contributed by atoms with Gasteiger partial charge in [-0.2, -0.15) is 0 Å². The van der Waals surface area contributed by atoms with Crippen LogP contribution in [0.4, 0.5) is 0 Å². The normalized spacial score (nSPS) is 28.5. The number of aromatic nitrogens is 2. The molecule has 0 amide bonds. The van der Waals surface area contributed by atoms with Crippen molar-refractivity contribution >= 4 is 0 Å². The van der Waals surface area contributed by atoms with Gasteiger partial charge in [-0.1, -0.05) is 6.92 Å². The molecule has 2 N–H and O–H groups in total. The van der Waals surface area contributed by atoms with E-state index in [1.165, 1.54) is 12.8 Å². The van der Waals surface area contributed by atoms with Gasteiger partial charge in [-0.05, 0) is 31.6 Å². The Morgan fingerprint density at radius 3 is 2.78 bits per heavy atom. The van der Waals surface area contributed by atoms with Crippen LogP contribution in [0.15, 0.2) is 12.4 Å². The molecule has 18 heavy (non-hydrogen) atoms. The summed E-state index contributed by atoms with van der Waals surface area (Å²) < 4.78 is 8.16. The van der Waals surface area contributed by atoms with Crippen LogP contribution in [0.1, 0.15) is 38.4 Å². The quantitative estimate of drug-likeness (QED) is 0.869. The molecule has 0 aromatic carbocycles. The number of hydrogen-bond donors (Lipinski definition) is 1. The fraction of sp³-hybridized carbons (Fsp3) is 0.786. The Morgan fingerprint density at radius 1 is 1.50 bits per heavy atom. The molecule has 0 unspecified atom stereocenters. The predicted molar refractivity (Wildman–Crippen MR) is 72.3 cm³/mol. The van der Waals surface area contributed by atoms with Gasteiger partial charge < -0.3 is 15.0 Å². The summed E-state index contributed by atoms with van der Waals surface area (Å²) in [6.45, 7) is 3.67. The molecule has 0 spiro atoms. The fourth-order valence-electron chi connectivity index (χ4n) is 2.69. The van der Waals surface area contributed by atoms with Crippen LogP contribution < -0.4 is 5.73 Å². The minimum Gasteiger partial charge on any atom is -0.373 e. The van der Waals surface area contributed by atoms with Crippen molar-refractivity contribution in [2.75, 3.05) is 13.2 Å². The average Bonchev–Trinajstić information content (AvgIpc) is 2.78. The summed E-state index contributed by atoms with van der Waals surface area (Å²) in [5.74, 6) is 1.90. The zero-order valence-corrected chi connectivity index (χ0v) is 11.6. The number of nitrogens with two attached hydrogens (primary N) is 1. The summed E-state index contributed by atoms with van der Waals surface area (Å²) in [6, 6.07) is 0. The van der Waals surface area contributed by atoms with Crippen LogP contribution in [0.3, 0.4) is 0 Å². The molecule has 1 saturated carbocycles. The topological polar surface area (TPSA) is 53.1 Å². The van der Waals surface area contributed by atoms with E-state index in [4.69, 9.17) is 10.5 Å². The fourth-order valence-corrected chi connectivity index (χ4v) is 2.69. The Kier molecular flexibility index (Phi) is 4.40. The first-order chi connectivity index (χ1) is 8.65. The van der Waals surface area contributed by atoms with Gasteiger partial charge in [0.05, 0.1) is 12.2 Å². The summed E-state index contributed by atoms with van der Waals surface area (Å²) in [5, 5.41) is 0. The molecule has 1 heterocycles. The molecule has 2 rings (SSSR count). The second-order valence-corrected chi connectivity index (χ2v) is 5.62. The number of ether oxygens (including phenoxy) is 1. The second-order valence-electron chi connectivity index (χ2n) is 5.62. The average molecular weight is 251 g/mol. The van der Waals surface area contributed by atoms with Crippen molar-refractivity contribution < 1.29 is 4.74 Å². The van der Waals surface area contributed by atoms with Gasteiger partial charge in [-0.15, -0.1) is 0 Å². The molecule has 1 aliphatic carbocycles. The van der Waals surface area contributed by atoms with E-state index in [1.54, 1.807) is 0 Å². The van der Waals surface area contributed by atoms with E-state index in [-0.39, 0.29) is 5.60 Å². The molecule has 1 fully saturated rings. The van der Waals surface area contributed by atoms with Gasteiger partial charge in [0.2, 0.25) is 0 Å². The third-order valence-corrected chi connectivity index (χ3v) is 4.21. The number of aryl methyl sites for hydroxylation is 1. The third kappa shape index (κ3) is 3.12. The van der Waals surface area contributed by atoms with E-state index in [0.29, 0.717) is 6.54 Å². The highest BCUT2D eigenvalue weighted by Crippen LogP contribution is 2.34. The maximum atomic E-state index is 6.12. The lowest BCUT2D eigenvalue weighted by Gasteiger charge is -2.38. The third-order valence-electron chi connectivity index (χ3n) is 4.21. The summed E-state index contributed by atoms with van der Waals surface area (Å²) in [5.41, 5.74) is 5.86. The first kappa shape index (κ1) is 13.6. The molecule has 1 aromatic rings. The Hall–Kier alpha value is -0.870. The van der Waals surface area contributed by atoms with Gasteiger partial charge >= 0.3 is 0 Å². The SMILES string of the molecule is CC1CCC(CN)(OCCc2nccn2C)CC1. The number of hydrogen-bond acceptors (Lipinski definition) is 3. The van der Waals surface area contributed by atoms with Crippen molar-refractivity contribution in [1.82, 2.24) is 9.55 Å². The largest absolute Gasteiger partial charge is 0.373 e. The highest BCUT2D eigenvalue weighted by atomic mass is 16.5. The zero-order chi connectivity index (χ0) is 13.0. The van der Waals surface area contributed by atoms with Crippen LogP contribution in [0, 0.1) is 5.92 Å². The van der Waals surface area contributed by atoms with Crippen LogP contribution in [0.2, 0.25) is 0 Å². The first-order valence-electron chi connectivity index (χ1n) is 6.95. The van der Waals surface area contributed by atoms with Crippen LogP contribution >= 0.6 is 0 Å². The number of nitrogens with zero attached hydrogens (tertiary/aromatic N) is 2. The highest BCUT2D eigenvalue weighted by Gasteiger charge is 2.33. The molecule has 0 aliphatic heterocycles. The predicted octanol–water partition coefficient (Wildman–Crippen LogP) is 1.89. The smallest absolute Gasteiger partial charge is 0.110 e. The van der Waals surface area contributed by atoms with E-state index in [0.717, 1.165) is 37.6 Å². The summed E-state index contributed by atoms with van der Waals surface area (Å²) in [6.07, 6.45) is 9.34. The molecular weight excluding hydrogens is 226 g/mol. The lowest BCUT2D eigenvalue weighted by atomic mass is 9.79. The summed E-state index contributed by atoms with van der Waals surface area (Å²) in [7, 11) is 2.02. The lowest BCUT2D eigenvalue weighted by molar-refractivity contribution is -0.0692. The molecule has 0 saturated heterocycles. The van der Waals surface area contributed by atoms with Gasteiger partial charge in [-0.25, -0.2) is 4.98 Å². The van der Waals surface area contributed by atoms with Gasteiger partial charge in [0.25, 0.3) is 0 Å². The molecule has 1 aliphatic rings.